The maximum atomic E-state index is 12.1. The fraction of sp³-hybridized carbons (Fsp3) is 1.00. The molecule has 0 saturated heterocycles. The van der Waals surface area contributed by atoms with E-state index in [9.17, 15) is 13.2 Å². The minimum absolute atomic E-state index is 0.000878. The molecule has 0 aromatic heterocycles. The van der Waals surface area contributed by atoms with Crippen LogP contribution in [0.1, 0.15) is 20.3 Å². The molecule has 0 radical (unpaired) electrons. The van der Waals surface area contributed by atoms with Crippen molar-refractivity contribution in [3.05, 3.63) is 0 Å². The molecule has 0 amide bonds. The first kappa shape index (κ1) is 17.7. The fourth-order valence-electron chi connectivity index (χ4n) is 1.56. The number of nitrogens with one attached hydrogen (secondary N) is 1. The highest BCUT2D eigenvalue weighted by Gasteiger charge is 2.28. The largest absolute Gasteiger partial charge is 0.390 e. The minimum Gasteiger partial charge on any atom is -0.383 e. The summed E-state index contributed by atoms with van der Waals surface area (Å²) >= 11 is 0. The number of likely N-dealkylation sites (N-methyl/N-ethyl adjacent to an activating group) is 1. The van der Waals surface area contributed by atoms with Gasteiger partial charge in [-0.2, -0.15) is 13.2 Å². The number of ether oxygens (including phenoxy) is 1. The first-order chi connectivity index (χ1) is 8.26. The van der Waals surface area contributed by atoms with Crippen molar-refractivity contribution in [2.24, 2.45) is 5.92 Å². The predicted octanol–water partition coefficient (Wildman–Crippen LogP) is 2.13. The van der Waals surface area contributed by atoms with Gasteiger partial charge in [0.15, 0.2) is 0 Å². The Balaban J connectivity index is 4.05. The van der Waals surface area contributed by atoms with Gasteiger partial charge in [-0.25, -0.2) is 0 Å². The lowest BCUT2D eigenvalue weighted by molar-refractivity contribution is -0.138. The van der Waals surface area contributed by atoms with Gasteiger partial charge >= 0.3 is 6.18 Å². The molecule has 0 rings (SSSR count). The van der Waals surface area contributed by atoms with E-state index in [1.54, 1.807) is 19.1 Å². The fourth-order valence-corrected chi connectivity index (χ4v) is 1.56. The molecule has 110 valence electrons. The van der Waals surface area contributed by atoms with Crippen molar-refractivity contribution >= 4 is 0 Å². The summed E-state index contributed by atoms with van der Waals surface area (Å²) in [7, 11) is 3.26. The highest BCUT2D eigenvalue weighted by Crippen LogP contribution is 2.19. The maximum Gasteiger partial charge on any atom is 0.390 e. The van der Waals surface area contributed by atoms with E-state index in [0.717, 1.165) is 6.54 Å². The summed E-state index contributed by atoms with van der Waals surface area (Å²) < 4.78 is 41.5. The average molecular weight is 270 g/mol. The molecule has 1 atom stereocenters. The van der Waals surface area contributed by atoms with Crippen LogP contribution in [0.4, 0.5) is 13.2 Å². The van der Waals surface area contributed by atoms with E-state index in [1.807, 2.05) is 0 Å². The van der Waals surface area contributed by atoms with Crippen LogP contribution in [0, 0.1) is 5.92 Å². The summed E-state index contributed by atoms with van der Waals surface area (Å²) in [6, 6.07) is -0.0314. The van der Waals surface area contributed by atoms with Crippen molar-refractivity contribution in [2.75, 3.05) is 40.4 Å². The number of nitrogens with zero attached hydrogens (tertiary/aromatic N) is 1. The van der Waals surface area contributed by atoms with Gasteiger partial charge < -0.3 is 10.1 Å². The van der Waals surface area contributed by atoms with Gasteiger partial charge in [0.25, 0.3) is 0 Å². The Morgan fingerprint density at radius 2 is 1.83 bits per heavy atom. The van der Waals surface area contributed by atoms with Gasteiger partial charge in [-0.05, 0) is 19.5 Å². The predicted molar refractivity (Wildman–Crippen MR) is 66.7 cm³/mol. The third-order valence-electron chi connectivity index (χ3n) is 2.66. The zero-order chi connectivity index (χ0) is 14.2. The van der Waals surface area contributed by atoms with Crippen LogP contribution in [0.15, 0.2) is 0 Å². The lowest BCUT2D eigenvalue weighted by atomic mass is 10.2. The van der Waals surface area contributed by atoms with Crippen molar-refractivity contribution in [2.45, 2.75) is 32.5 Å². The van der Waals surface area contributed by atoms with Gasteiger partial charge in [0.1, 0.15) is 0 Å². The number of halogens is 3. The summed E-state index contributed by atoms with van der Waals surface area (Å²) in [4.78, 5) is 1.70. The van der Waals surface area contributed by atoms with Gasteiger partial charge in [0.05, 0.1) is 13.0 Å². The molecule has 0 aliphatic heterocycles. The van der Waals surface area contributed by atoms with Crippen molar-refractivity contribution in [1.29, 1.82) is 0 Å². The summed E-state index contributed by atoms with van der Waals surface area (Å²) in [5.41, 5.74) is 0. The molecule has 0 bridgehead atoms. The smallest absolute Gasteiger partial charge is 0.383 e. The lowest BCUT2D eigenvalue weighted by Crippen LogP contribution is -2.44. The molecule has 3 nitrogen and oxygen atoms in total. The van der Waals surface area contributed by atoms with Crippen molar-refractivity contribution < 1.29 is 17.9 Å². The molecule has 0 saturated carbocycles. The van der Waals surface area contributed by atoms with Crippen LogP contribution in [0.5, 0.6) is 0 Å². The summed E-state index contributed by atoms with van der Waals surface area (Å²) in [6.07, 6.45) is -4.88. The molecule has 1 N–H and O–H groups in total. The topological polar surface area (TPSA) is 24.5 Å². The SMILES string of the molecule is COCC(CNCC(C)C)N(C)CCC(F)(F)F. The van der Waals surface area contributed by atoms with E-state index < -0.39 is 12.6 Å². The summed E-state index contributed by atoms with van der Waals surface area (Å²) in [5.74, 6) is 0.522. The second-order valence-corrected chi connectivity index (χ2v) is 5.01. The highest BCUT2D eigenvalue weighted by atomic mass is 19.4. The van der Waals surface area contributed by atoms with Gasteiger partial charge in [-0.3, -0.25) is 4.90 Å². The Kier molecular flexibility index (Phi) is 8.56. The molecular weight excluding hydrogens is 245 g/mol. The average Bonchev–Trinajstić information content (AvgIpc) is 2.23. The monoisotopic (exact) mass is 270 g/mol. The molecule has 0 aliphatic carbocycles. The van der Waals surface area contributed by atoms with Crippen LogP contribution in [-0.4, -0.2) is 57.5 Å². The van der Waals surface area contributed by atoms with Gasteiger partial charge in [-0.1, -0.05) is 13.8 Å². The third-order valence-corrected chi connectivity index (χ3v) is 2.66. The number of hydrogen-bond donors (Lipinski definition) is 1. The summed E-state index contributed by atoms with van der Waals surface area (Å²) in [5, 5.41) is 3.24. The Bertz CT molecular complexity index is 210. The first-order valence-corrected chi connectivity index (χ1v) is 6.23. The number of rotatable bonds is 9. The van der Waals surface area contributed by atoms with E-state index in [1.165, 1.54) is 0 Å². The van der Waals surface area contributed by atoms with Crippen LogP contribution < -0.4 is 5.32 Å². The summed E-state index contributed by atoms with van der Waals surface area (Å²) in [6.45, 7) is 6.10. The lowest BCUT2D eigenvalue weighted by Gasteiger charge is -2.28. The number of alkyl halides is 3. The molecule has 0 heterocycles. The first-order valence-electron chi connectivity index (χ1n) is 6.23. The van der Waals surface area contributed by atoms with Crippen LogP contribution in [-0.2, 0) is 4.74 Å². The maximum absolute atomic E-state index is 12.1. The third kappa shape index (κ3) is 9.67. The normalized spacial score (nSPS) is 14.5. The second-order valence-electron chi connectivity index (χ2n) is 5.01. The zero-order valence-corrected chi connectivity index (χ0v) is 11.7. The Morgan fingerprint density at radius 3 is 2.28 bits per heavy atom. The van der Waals surface area contributed by atoms with Crippen LogP contribution in [0.25, 0.3) is 0 Å². The second kappa shape index (κ2) is 8.72. The standard InChI is InChI=1S/C12H25F3N2O/c1-10(2)7-16-8-11(9-18-4)17(3)6-5-12(13,14)15/h10-11,16H,5-9H2,1-4H3. The van der Waals surface area contributed by atoms with Crippen LogP contribution >= 0.6 is 0 Å². The number of hydrogen-bond acceptors (Lipinski definition) is 3. The minimum atomic E-state index is -4.10. The van der Waals surface area contributed by atoms with Crippen LogP contribution in [0.2, 0.25) is 0 Å². The Morgan fingerprint density at radius 1 is 1.22 bits per heavy atom. The quantitative estimate of drug-likeness (QED) is 0.694. The van der Waals surface area contributed by atoms with E-state index in [0.29, 0.717) is 19.1 Å². The van der Waals surface area contributed by atoms with E-state index >= 15 is 0 Å². The molecule has 1 unspecified atom stereocenters. The number of methoxy groups -OCH3 is 1. The van der Waals surface area contributed by atoms with Gasteiger partial charge in [-0.15, -0.1) is 0 Å². The molecule has 6 heteroatoms. The van der Waals surface area contributed by atoms with E-state index in [4.69, 9.17) is 4.74 Å². The van der Waals surface area contributed by atoms with Crippen molar-refractivity contribution in [3.63, 3.8) is 0 Å². The van der Waals surface area contributed by atoms with Crippen molar-refractivity contribution in [3.8, 4) is 0 Å². The zero-order valence-electron chi connectivity index (χ0n) is 11.7. The van der Waals surface area contributed by atoms with Gasteiger partial charge in [0, 0.05) is 26.2 Å². The van der Waals surface area contributed by atoms with Crippen LogP contribution in [0.3, 0.4) is 0 Å². The Labute approximate surface area is 108 Å². The molecule has 0 aromatic carbocycles. The van der Waals surface area contributed by atoms with E-state index in [-0.39, 0.29) is 12.6 Å². The molecule has 0 spiro atoms. The molecule has 18 heavy (non-hydrogen) atoms. The molecule has 0 aliphatic rings. The Hall–Kier alpha value is -0.330. The molecule has 0 fully saturated rings. The highest BCUT2D eigenvalue weighted by molar-refractivity contribution is 4.72. The van der Waals surface area contributed by atoms with E-state index in [2.05, 4.69) is 19.2 Å². The molecular formula is C12H25F3N2O. The molecule has 0 aromatic rings. The van der Waals surface area contributed by atoms with Gasteiger partial charge in [0.2, 0.25) is 0 Å². The van der Waals surface area contributed by atoms with Crippen molar-refractivity contribution in [1.82, 2.24) is 10.2 Å².